The van der Waals surface area contributed by atoms with Gasteiger partial charge in [-0.25, -0.2) is 27.5 Å². The largest absolute Gasteiger partial charge is 0.572 e. The molecule has 5 aromatic carbocycles. The third-order valence-electron chi connectivity index (χ3n) is 13.6. The molecule has 0 aliphatic carbocycles. The Morgan fingerprint density at radius 2 is 1.22 bits per heavy atom. The maximum Gasteiger partial charge on any atom is 0.432 e. The number of aryl methyl sites for hydroxylation is 6. The van der Waals surface area contributed by atoms with Crippen molar-refractivity contribution in [1.82, 2.24) is 58.8 Å². The van der Waals surface area contributed by atoms with Crippen LogP contribution in [0.25, 0.3) is 62.5 Å². The van der Waals surface area contributed by atoms with Crippen LogP contribution in [0.5, 0.6) is 0 Å². The van der Waals surface area contributed by atoms with E-state index in [0.717, 1.165) is 75.8 Å². The molecular weight excluding hydrogens is 1440 g/mol. The normalized spacial score (nSPS) is 12.1. The van der Waals surface area contributed by atoms with Crippen LogP contribution in [0.2, 0.25) is 0 Å². The molecule has 0 saturated carbocycles. The van der Waals surface area contributed by atoms with Crippen LogP contribution in [0.4, 0.5) is 50.9 Å². The summed E-state index contributed by atoms with van der Waals surface area (Å²) in [4.78, 5) is 41.5. The van der Waals surface area contributed by atoms with Gasteiger partial charge in [-0.05, 0) is 121 Å². The van der Waals surface area contributed by atoms with Crippen LogP contribution in [-0.2, 0) is 49.9 Å². The molecule has 0 spiro atoms. The first-order valence-electron chi connectivity index (χ1n) is 28.3. The van der Waals surface area contributed by atoms with E-state index in [2.05, 4.69) is 65.3 Å². The van der Waals surface area contributed by atoms with E-state index in [1.165, 1.54) is 54.6 Å². The van der Waals surface area contributed by atoms with Gasteiger partial charge < -0.3 is 48.2 Å². The summed E-state index contributed by atoms with van der Waals surface area (Å²) in [5.41, 5.74) is 7.99. The molecule has 1 N–H and O–H groups in total. The number of halogens is 9. The number of aromatic amines is 1. The Kier molecular flexibility index (Phi) is 24.9. The SMILES string of the molecule is C.CC(=O)c1nc(-c2ccc(F)cc2F)cn1C.CCOC(C)=O.CN1C=CN(c2[c-]c(N3C=CN(C)[CH-]3)cc(C#N)c2)[CH-]1.Cc1cc(C)c(-n2cc(-c3[c-]cc(F)cc3F)nc2-c2cc(C)n[n-]2)c(C)c1.Cn1cc(-c2ccc(F)cc2F)nc1-c1cc(C(F)(F)F)[nH]n1.[Ir]. The molecule has 1 radical (unpaired) electrons. The fourth-order valence-corrected chi connectivity index (χ4v) is 9.55. The minimum atomic E-state index is -4.55. The number of ketones is 1. The number of H-pyrrole nitrogens is 1. The number of imidazole rings is 3. The zero-order chi connectivity index (χ0) is 68.5. The second-order valence-electron chi connectivity index (χ2n) is 21.2. The third kappa shape index (κ3) is 18.4. The van der Waals surface area contributed by atoms with E-state index >= 15 is 0 Å². The van der Waals surface area contributed by atoms with Crippen LogP contribution in [-0.4, -0.2) is 86.2 Å². The number of Topliss-reactive ketones (excluding diaryl/α,β-unsaturated/α-hetero) is 1. The van der Waals surface area contributed by atoms with Gasteiger partial charge in [-0.3, -0.25) is 28.5 Å². The standard InChI is InChI=1S/C22H18F2N4.C15H14N5.C14H9F5N4.C12H10F2N2O.C4H8O2.CH4.Ir/c1-12-7-13(2)21(14(3)8-12)28-11-20(17-6-5-16(23)10-18(17)24)25-22(28)19-9-15(4)26-27-19;1-17-3-5-19(11-17)14-7-13(10-16)8-15(9-14)20-6-4-18(2)12-20;1-23-6-11(8-3-2-7(15)4-9(8)16)20-13(23)10-5-12(22-21-10)14(17,18)19;1-7(17)12-15-11(6-16(12)2)9-4-3-8(13)5-10(9)14;1-3-6-4(2)5;;/h5,7-11H,1-4H3;3-8,11-12H,1-2H3;2-6H,1H3,(H,21,22);3-6H,1-2H3;3H2,1-2H3;1H4;/q-2;-3;;;;;. The van der Waals surface area contributed by atoms with Crippen molar-refractivity contribution in [3.63, 3.8) is 0 Å². The van der Waals surface area contributed by atoms with Gasteiger partial charge in [0.2, 0.25) is 0 Å². The molecule has 2 aliphatic heterocycles. The number of esters is 1. The van der Waals surface area contributed by atoms with Gasteiger partial charge in [-0.1, -0.05) is 54.1 Å². The van der Waals surface area contributed by atoms with Crippen LogP contribution in [0, 0.1) is 99.4 Å². The molecule has 28 heteroatoms. The number of ether oxygens (including phenoxy) is 1. The number of rotatable bonds is 10. The van der Waals surface area contributed by atoms with E-state index in [4.69, 9.17) is 0 Å². The maximum absolute atomic E-state index is 14.3. The van der Waals surface area contributed by atoms with Crippen molar-refractivity contribution in [1.29, 1.82) is 5.26 Å². The number of nitrogens with zero attached hydrogens (tertiary/aromatic N) is 14. The van der Waals surface area contributed by atoms with Gasteiger partial charge in [0.25, 0.3) is 0 Å². The minimum Gasteiger partial charge on any atom is -0.572 e. The molecule has 0 atom stereocenters. The molecule has 7 heterocycles. The topological polar surface area (TPSA) is 189 Å². The molecule has 2 aliphatic rings. The van der Waals surface area contributed by atoms with Gasteiger partial charge in [0.05, 0.1) is 29.8 Å². The quantitative estimate of drug-likeness (QED) is 0.0589. The summed E-state index contributed by atoms with van der Waals surface area (Å²) in [6.07, 6.45) is 7.91. The van der Waals surface area contributed by atoms with E-state index in [1.54, 1.807) is 20.2 Å². The van der Waals surface area contributed by atoms with Gasteiger partial charge >= 0.3 is 12.1 Å². The Morgan fingerprint density at radius 3 is 1.66 bits per heavy atom. The van der Waals surface area contributed by atoms with E-state index < -0.39 is 46.8 Å². The second-order valence-corrected chi connectivity index (χ2v) is 21.2. The van der Waals surface area contributed by atoms with Gasteiger partial charge in [-0.15, -0.1) is 41.7 Å². The van der Waals surface area contributed by atoms with Gasteiger partial charge in [0.1, 0.15) is 40.5 Å². The Labute approximate surface area is 562 Å². The number of carbonyl (C=O) groups is 2. The third-order valence-corrected chi connectivity index (χ3v) is 13.6. The van der Waals surface area contributed by atoms with Crippen molar-refractivity contribution < 1.29 is 73.9 Å². The van der Waals surface area contributed by atoms with E-state index in [9.17, 15) is 54.4 Å². The Hall–Kier alpha value is -10.5. The summed E-state index contributed by atoms with van der Waals surface area (Å²) in [5.74, 6) is -3.79. The number of hydrogen-bond acceptors (Lipinski definition) is 13. The van der Waals surface area contributed by atoms with Crippen molar-refractivity contribution in [2.24, 2.45) is 14.1 Å². The number of carbonyl (C=O) groups excluding carboxylic acids is 2. The second kappa shape index (κ2) is 32.1. The summed E-state index contributed by atoms with van der Waals surface area (Å²) < 4.78 is 128. The van der Waals surface area contributed by atoms with E-state index in [1.807, 2.05) is 127 Å². The fourth-order valence-electron chi connectivity index (χ4n) is 9.55. The molecule has 505 valence electrons. The predicted molar refractivity (Wildman–Crippen MR) is 339 cm³/mol. The molecule has 0 saturated heterocycles. The molecule has 12 rings (SSSR count). The average molecular weight is 1500 g/mol. The number of hydrogen-bond donors (Lipinski definition) is 1. The first-order chi connectivity index (χ1) is 44.5. The summed E-state index contributed by atoms with van der Waals surface area (Å²) in [6, 6.07) is 26.8. The number of anilines is 2. The average Bonchev–Trinajstić information content (AvgIpc) is 1.62. The van der Waals surface area contributed by atoms with Crippen LogP contribution >= 0.6 is 0 Å². The Balaban J connectivity index is 0.000000198. The molecule has 0 fully saturated rings. The molecular formula is C68H63F9IrN15O3-5. The molecule has 0 unspecified atom stereocenters. The number of nitriles is 1. The number of alkyl halides is 3. The zero-order valence-electron chi connectivity index (χ0n) is 52.7. The van der Waals surface area contributed by atoms with Gasteiger partial charge in [0, 0.05) is 107 Å². The molecule has 18 nitrogen and oxygen atoms in total. The first kappa shape index (κ1) is 74.5. The number of nitrogens with one attached hydrogen (secondary N) is 1. The van der Waals surface area contributed by atoms with Gasteiger partial charge in [-0.2, -0.15) is 36.9 Å². The fraction of sp³-hybridized carbons (Fsp3) is 0.206. The summed E-state index contributed by atoms with van der Waals surface area (Å²) in [5, 5.41) is 22.9. The molecule has 96 heavy (non-hydrogen) atoms. The maximum atomic E-state index is 14.3. The molecule has 0 bridgehead atoms. The molecule has 10 aromatic rings. The molecule has 0 amide bonds. The minimum absolute atomic E-state index is 0. The summed E-state index contributed by atoms with van der Waals surface area (Å²) >= 11 is 0. The monoisotopic (exact) mass is 1500 g/mol. The van der Waals surface area contributed by atoms with Crippen LogP contribution in [0.3, 0.4) is 0 Å². The number of aromatic nitrogens is 10. The summed E-state index contributed by atoms with van der Waals surface area (Å²) in [6.45, 7) is 16.8. The van der Waals surface area contributed by atoms with E-state index in [-0.39, 0.29) is 79.0 Å². The van der Waals surface area contributed by atoms with Crippen LogP contribution in [0.1, 0.15) is 72.5 Å². The predicted octanol–water partition coefficient (Wildman–Crippen LogP) is 14.5. The van der Waals surface area contributed by atoms with Crippen molar-refractivity contribution in [3.05, 3.63) is 228 Å². The molecule has 5 aromatic heterocycles. The Bertz CT molecular complexity index is 4440. The van der Waals surface area contributed by atoms with Crippen molar-refractivity contribution >= 4 is 23.1 Å². The van der Waals surface area contributed by atoms with E-state index in [0.29, 0.717) is 41.1 Å². The Morgan fingerprint density at radius 1 is 0.677 bits per heavy atom. The van der Waals surface area contributed by atoms with Gasteiger partial charge in [0.15, 0.2) is 17.4 Å². The van der Waals surface area contributed by atoms with Crippen molar-refractivity contribution in [2.75, 3.05) is 30.5 Å². The van der Waals surface area contributed by atoms with Crippen LogP contribution in [0.15, 0.2) is 128 Å². The smallest absolute Gasteiger partial charge is 0.432 e. The first-order valence-corrected chi connectivity index (χ1v) is 28.3. The zero-order valence-corrected chi connectivity index (χ0v) is 55.1. The van der Waals surface area contributed by atoms with Crippen LogP contribution < -0.4 is 14.9 Å². The van der Waals surface area contributed by atoms with Crippen molar-refractivity contribution in [3.8, 4) is 68.6 Å². The summed E-state index contributed by atoms with van der Waals surface area (Å²) in [7, 11) is 7.10. The number of benzene rings is 5. The van der Waals surface area contributed by atoms with Crippen molar-refractivity contribution in [2.45, 2.75) is 62.1 Å².